The standard InChI is InChI=1S/C50H36N4O2P2/c55-57(35-17-5-1-6-18-35,36-19-7-2-8-20-36)39-29-31-46-42(33-39)43-34-40(58(56,37-21-9-3-10-22-37)38-23-11-4-12-24-38)30-32-47(43)53(46)50-52-44-26-14-13-25-41(44)49-51-45-27-15-16-28-48(45)54(49)50/h1-34,50,52H. The number of para-hydroxylation sites is 3. The van der Waals surface area contributed by atoms with Crippen molar-refractivity contribution in [1.82, 2.24) is 14.1 Å². The van der Waals surface area contributed by atoms with Gasteiger partial charge in [0.1, 0.15) is 5.82 Å². The zero-order chi connectivity index (χ0) is 38.8. The van der Waals surface area contributed by atoms with E-state index in [2.05, 4.69) is 69.0 Å². The molecule has 1 aliphatic rings. The van der Waals surface area contributed by atoms with Crippen LogP contribution in [0.1, 0.15) is 6.29 Å². The highest BCUT2D eigenvalue weighted by Gasteiger charge is 2.35. The largest absolute Gasteiger partial charge is 0.347 e. The number of nitrogens with zero attached hydrogens (tertiary/aromatic N) is 3. The van der Waals surface area contributed by atoms with Gasteiger partial charge >= 0.3 is 0 Å². The Kier molecular flexibility index (Phi) is 8.01. The van der Waals surface area contributed by atoms with E-state index in [1.54, 1.807) is 0 Å². The summed E-state index contributed by atoms with van der Waals surface area (Å²) >= 11 is 0. The lowest BCUT2D eigenvalue weighted by Gasteiger charge is -2.32. The molecule has 10 aromatic rings. The Morgan fingerprint density at radius 1 is 0.414 bits per heavy atom. The second-order valence-corrected chi connectivity index (χ2v) is 20.2. The Hall–Kier alpha value is -6.71. The molecule has 1 aliphatic heterocycles. The molecule has 278 valence electrons. The predicted octanol–water partition coefficient (Wildman–Crippen LogP) is 9.52. The van der Waals surface area contributed by atoms with Crippen molar-refractivity contribution < 1.29 is 9.13 Å². The van der Waals surface area contributed by atoms with E-state index < -0.39 is 20.6 Å². The summed E-state index contributed by atoms with van der Waals surface area (Å²) in [6.07, 6.45) is -0.417. The zero-order valence-corrected chi connectivity index (χ0v) is 33.0. The Bertz CT molecular complexity index is 3030. The number of aromatic nitrogens is 3. The van der Waals surface area contributed by atoms with E-state index in [0.717, 1.165) is 81.7 Å². The molecule has 1 atom stereocenters. The highest BCUT2D eigenvalue weighted by atomic mass is 31.2. The van der Waals surface area contributed by atoms with Crippen molar-refractivity contribution in [1.29, 1.82) is 0 Å². The number of anilines is 1. The van der Waals surface area contributed by atoms with Crippen LogP contribution in [0.3, 0.4) is 0 Å². The number of imidazole rings is 1. The molecule has 8 aromatic carbocycles. The van der Waals surface area contributed by atoms with Crippen molar-refractivity contribution in [2.24, 2.45) is 0 Å². The molecule has 0 bridgehead atoms. The molecule has 11 rings (SSSR count). The van der Waals surface area contributed by atoms with Crippen LogP contribution in [0, 0.1) is 0 Å². The maximum absolute atomic E-state index is 15.8. The van der Waals surface area contributed by atoms with Gasteiger partial charge in [0.25, 0.3) is 0 Å². The van der Waals surface area contributed by atoms with E-state index in [-0.39, 0.29) is 0 Å². The maximum Gasteiger partial charge on any atom is 0.188 e. The van der Waals surface area contributed by atoms with Crippen LogP contribution in [-0.4, -0.2) is 14.1 Å². The number of benzene rings is 8. The Morgan fingerprint density at radius 3 is 1.34 bits per heavy atom. The summed E-state index contributed by atoms with van der Waals surface area (Å²) in [4.78, 5) is 5.18. The van der Waals surface area contributed by atoms with Gasteiger partial charge in [-0.15, -0.1) is 0 Å². The fourth-order valence-corrected chi connectivity index (χ4v) is 14.1. The summed E-state index contributed by atoms with van der Waals surface area (Å²) in [5.74, 6) is 0.874. The zero-order valence-electron chi connectivity index (χ0n) is 31.3. The number of fused-ring (bicyclic) bond motifs is 8. The minimum atomic E-state index is -3.34. The average molecular weight is 787 g/mol. The number of hydrogen-bond donors (Lipinski definition) is 1. The second-order valence-electron chi connectivity index (χ2n) is 14.7. The highest BCUT2D eigenvalue weighted by molar-refractivity contribution is 7.85. The summed E-state index contributed by atoms with van der Waals surface area (Å²) in [5.41, 5.74) is 5.80. The molecule has 6 nitrogen and oxygen atoms in total. The van der Waals surface area contributed by atoms with E-state index in [0.29, 0.717) is 0 Å². The van der Waals surface area contributed by atoms with Crippen molar-refractivity contribution >= 4 is 84.6 Å². The molecule has 0 radical (unpaired) electrons. The van der Waals surface area contributed by atoms with Gasteiger partial charge in [-0.2, -0.15) is 0 Å². The third-order valence-corrected chi connectivity index (χ3v) is 17.6. The average Bonchev–Trinajstić information content (AvgIpc) is 3.85. The second kappa shape index (κ2) is 13.5. The smallest absolute Gasteiger partial charge is 0.188 e. The van der Waals surface area contributed by atoms with Gasteiger partial charge in [0, 0.05) is 53.9 Å². The summed E-state index contributed by atoms with van der Waals surface area (Å²) in [6, 6.07) is 68.2. The molecular formula is C50H36N4O2P2. The lowest BCUT2D eigenvalue weighted by molar-refractivity contribution is 0.520. The monoisotopic (exact) mass is 786 g/mol. The van der Waals surface area contributed by atoms with Crippen LogP contribution in [0.5, 0.6) is 0 Å². The van der Waals surface area contributed by atoms with Crippen molar-refractivity contribution in [2.45, 2.75) is 6.29 Å². The molecule has 0 spiro atoms. The van der Waals surface area contributed by atoms with Gasteiger partial charge in [0.2, 0.25) is 0 Å². The minimum absolute atomic E-state index is 0.417. The van der Waals surface area contributed by atoms with Crippen molar-refractivity contribution in [2.75, 3.05) is 5.32 Å². The van der Waals surface area contributed by atoms with Crippen LogP contribution in [-0.2, 0) is 9.13 Å². The Labute approximate surface area is 335 Å². The molecule has 8 heteroatoms. The van der Waals surface area contributed by atoms with Crippen LogP contribution >= 0.6 is 14.3 Å². The van der Waals surface area contributed by atoms with Crippen molar-refractivity contribution in [3.8, 4) is 11.4 Å². The van der Waals surface area contributed by atoms with E-state index in [1.807, 2.05) is 152 Å². The molecule has 1 N–H and O–H groups in total. The number of rotatable bonds is 7. The molecule has 0 fully saturated rings. The molecule has 2 aromatic heterocycles. The molecular weight excluding hydrogens is 751 g/mol. The van der Waals surface area contributed by atoms with E-state index in [4.69, 9.17) is 4.98 Å². The van der Waals surface area contributed by atoms with Crippen LogP contribution < -0.4 is 37.1 Å². The molecule has 1 unspecified atom stereocenters. The van der Waals surface area contributed by atoms with Gasteiger partial charge < -0.3 is 19.0 Å². The molecule has 0 saturated heterocycles. The first kappa shape index (κ1) is 34.5. The normalized spacial score (nSPS) is 14.0. The summed E-state index contributed by atoms with van der Waals surface area (Å²) in [6.45, 7) is 0. The van der Waals surface area contributed by atoms with Crippen molar-refractivity contribution in [3.63, 3.8) is 0 Å². The Balaban J connectivity index is 1.23. The van der Waals surface area contributed by atoms with Crippen molar-refractivity contribution in [3.05, 3.63) is 206 Å². The predicted molar refractivity (Wildman–Crippen MR) is 241 cm³/mol. The van der Waals surface area contributed by atoms with Gasteiger partial charge in [0.15, 0.2) is 20.6 Å². The van der Waals surface area contributed by atoms with Gasteiger partial charge in [-0.1, -0.05) is 146 Å². The molecule has 58 heavy (non-hydrogen) atoms. The topological polar surface area (TPSA) is 68.9 Å². The highest BCUT2D eigenvalue weighted by Crippen LogP contribution is 2.47. The summed E-state index contributed by atoms with van der Waals surface area (Å²) in [5, 5.41) is 10.2. The lowest BCUT2D eigenvalue weighted by Crippen LogP contribution is -2.30. The van der Waals surface area contributed by atoms with Gasteiger partial charge in [-0.3, -0.25) is 4.57 Å². The fourth-order valence-electron chi connectivity index (χ4n) is 8.80. The van der Waals surface area contributed by atoms with Gasteiger partial charge in [0.05, 0.1) is 22.1 Å². The molecule has 3 heterocycles. The lowest BCUT2D eigenvalue weighted by atomic mass is 10.1. The molecule has 0 saturated carbocycles. The first-order chi connectivity index (χ1) is 28.5. The minimum Gasteiger partial charge on any atom is -0.347 e. The maximum atomic E-state index is 15.8. The van der Waals surface area contributed by atoms with Gasteiger partial charge in [-0.25, -0.2) is 4.98 Å². The molecule has 0 amide bonds. The van der Waals surface area contributed by atoms with Crippen LogP contribution in [0.25, 0.3) is 44.2 Å². The number of nitrogens with one attached hydrogen (secondary N) is 1. The van der Waals surface area contributed by atoms with Crippen LogP contribution in [0.15, 0.2) is 206 Å². The quantitative estimate of drug-likeness (QED) is 0.164. The summed E-state index contributed by atoms with van der Waals surface area (Å²) in [7, 11) is -6.67. The summed E-state index contributed by atoms with van der Waals surface area (Å²) < 4.78 is 36.3. The SMILES string of the molecule is O=P(c1ccccc1)(c1ccccc1)c1ccc2c(c1)c1cc(P(=O)(c3ccccc3)c3ccccc3)ccc1n2C1Nc2ccccc2-c2nc3ccccc3n21. The number of hydrogen-bond acceptors (Lipinski definition) is 4. The van der Waals surface area contributed by atoms with Gasteiger partial charge in [-0.05, 0) is 60.7 Å². The Morgan fingerprint density at radius 2 is 0.845 bits per heavy atom. The van der Waals surface area contributed by atoms with E-state index in [1.165, 1.54) is 0 Å². The molecule has 0 aliphatic carbocycles. The fraction of sp³-hybridized carbons (Fsp3) is 0.0200. The first-order valence-electron chi connectivity index (χ1n) is 19.4. The van der Waals surface area contributed by atoms with E-state index in [9.17, 15) is 0 Å². The van der Waals surface area contributed by atoms with Crippen LogP contribution in [0.2, 0.25) is 0 Å². The third kappa shape index (κ3) is 5.16. The van der Waals surface area contributed by atoms with Crippen LogP contribution in [0.4, 0.5) is 5.69 Å². The first-order valence-corrected chi connectivity index (χ1v) is 22.8. The van der Waals surface area contributed by atoms with E-state index >= 15 is 9.13 Å². The third-order valence-electron chi connectivity index (χ3n) is 11.5.